The summed E-state index contributed by atoms with van der Waals surface area (Å²) in [5, 5.41) is 6.14. The van der Waals surface area contributed by atoms with Crippen molar-refractivity contribution in [2.45, 2.75) is 25.8 Å². The third-order valence-corrected chi connectivity index (χ3v) is 5.71. The lowest BCUT2D eigenvalue weighted by Gasteiger charge is -2.31. The Labute approximate surface area is 180 Å². The molecular formula is C22H25N7O2. The standard InChI is InChI=1S/C22H25N7O2/c1-15-20(30)23-9-12-29(15)22-25-14-18(31-22)16-5-4-6-17(13-16)26-21-24-8-7-19(27-21)28-10-2-3-11-28/h4-8,13-15H,2-3,9-12H2,1H3,(H,23,30)(H,24,26,27). The molecule has 2 saturated heterocycles. The van der Waals surface area contributed by atoms with E-state index in [0.29, 0.717) is 30.8 Å². The molecule has 2 N–H and O–H groups in total. The molecule has 0 saturated carbocycles. The third kappa shape index (κ3) is 4.03. The minimum Gasteiger partial charge on any atom is -0.423 e. The highest BCUT2D eigenvalue weighted by Crippen LogP contribution is 2.29. The van der Waals surface area contributed by atoms with Gasteiger partial charge >= 0.3 is 0 Å². The minimum absolute atomic E-state index is 0.0200. The van der Waals surface area contributed by atoms with Crippen LogP contribution in [0.1, 0.15) is 19.8 Å². The van der Waals surface area contributed by atoms with E-state index in [4.69, 9.17) is 4.42 Å². The van der Waals surface area contributed by atoms with Crippen molar-refractivity contribution in [3.63, 3.8) is 0 Å². The van der Waals surface area contributed by atoms with Gasteiger partial charge < -0.3 is 24.9 Å². The Morgan fingerprint density at radius 3 is 2.90 bits per heavy atom. The van der Waals surface area contributed by atoms with Crippen molar-refractivity contribution in [2.24, 2.45) is 0 Å². The molecule has 0 bridgehead atoms. The van der Waals surface area contributed by atoms with Crippen molar-refractivity contribution in [3.8, 4) is 11.3 Å². The summed E-state index contributed by atoms with van der Waals surface area (Å²) in [4.78, 5) is 29.5. The SMILES string of the molecule is CC1C(=O)NCCN1c1ncc(-c2cccc(Nc3nccc(N4CCCC4)n3)c2)o1. The van der Waals surface area contributed by atoms with Crippen LogP contribution in [-0.4, -0.2) is 53.1 Å². The molecule has 1 amide bonds. The number of nitrogens with one attached hydrogen (secondary N) is 2. The van der Waals surface area contributed by atoms with Gasteiger partial charge in [-0.2, -0.15) is 4.98 Å². The predicted octanol–water partition coefficient (Wildman–Crippen LogP) is 2.80. The molecule has 0 aliphatic carbocycles. The molecule has 2 aliphatic heterocycles. The molecule has 160 valence electrons. The number of carbonyl (C=O) groups excluding carboxylic acids is 1. The summed E-state index contributed by atoms with van der Waals surface area (Å²) in [5.41, 5.74) is 1.74. The summed E-state index contributed by atoms with van der Waals surface area (Å²) in [7, 11) is 0. The lowest BCUT2D eigenvalue weighted by molar-refractivity contribution is -0.123. The van der Waals surface area contributed by atoms with Gasteiger partial charge in [-0.05, 0) is 38.0 Å². The Bertz CT molecular complexity index is 1080. The number of rotatable bonds is 5. The fraction of sp³-hybridized carbons (Fsp3) is 0.364. The minimum atomic E-state index is -0.312. The van der Waals surface area contributed by atoms with E-state index < -0.39 is 0 Å². The molecule has 9 nitrogen and oxygen atoms in total. The second-order valence-corrected chi connectivity index (χ2v) is 7.81. The molecular weight excluding hydrogens is 394 g/mol. The van der Waals surface area contributed by atoms with Crippen LogP contribution in [0.15, 0.2) is 47.1 Å². The van der Waals surface area contributed by atoms with Crippen LogP contribution in [0.5, 0.6) is 0 Å². The number of nitrogens with zero attached hydrogens (tertiary/aromatic N) is 5. The van der Waals surface area contributed by atoms with Crippen molar-refractivity contribution >= 4 is 29.4 Å². The molecule has 31 heavy (non-hydrogen) atoms. The van der Waals surface area contributed by atoms with Crippen LogP contribution in [0, 0.1) is 0 Å². The van der Waals surface area contributed by atoms with Gasteiger partial charge in [-0.3, -0.25) is 4.79 Å². The summed E-state index contributed by atoms with van der Waals surface area (Å²) in [6.45, 7) is 5.17. The van der Waals surface area contributed by atoms with Crippen molar-refractivity contribution < 1.29 is 9.21 Å². The van der Waals surface area contributed by atoms with E-state index in [9.17, 15) is 4.79 Å². The maximum Gasteiger partial charge on any atom is 0.298 e. The highest BCUT2D eigenvalue weighted by molar-refractivity contribution is 5.85. The van der Waals surface area contributed by atoms with Gasteiger partial charge in [0.25, 0.3) is 6.01 Å². The summed E-state index contributed by atoms with van der Waals surface area (Å²) in [6, 6.07) is 9.94. The number of oxazole rings is 1. The molecule has 1 aromatic carbocycles. The molecule has 5 rings (SSSR count). The number of amides is 1. The van der Waals surface area contributed by atoms with Crippen LogP contribution < -0.4 is 20.4 Å². The Hall–Kier alpha value is -3.62. The number of carbonyl (C=O) groups is 1. The normalized spacial score (nSPS) is 18.9. The van der Waals surface area contributed by atoms with Gasteiger partial charge in [-0.15, -0.1) is 0 Å². The average Bonchev–Trinajstić information content (AvgIpc) is 3.49. The van der Waals surface area contributed by atoms with Gasteiger partial charge in [0.05, 0.1) is 6.20 Å². The molecule has 2 aromatic heterocycles. The van der Waals surface area contributed by atoms with Crippen molar-refractivity contribution in [3.05, 3.63) is 42.7 Å². The first-order valence-electron chi connectivity index (χ1n) is 10.6. The van der Waals surface area contributed by atoms with Crippen LogP contribution >= 0.6 is 0 Å². The van der Waals surface area contributed by atoms with Crippen molar-refractivity contribution in [2.75, 3.05) is 41.3 Å². The number of benzene rings is 1. The molecule has 3 aromatic rings. The quantitative estimate of drug-likeness (QED) is 0.651. The van der Waals surface area contributed by atoms with Gasteiger partial charge in [0.15, 0.2) is 5.76 Å². The second kappa shape index (κ2) is 8.25. The summed E-state index contributed by atoms with van der Waals surface area (Å²) >= 11 is 0. The topological polar surface area (TPSA) is 99.4 Å². The number of aromatic nitrogens is 3. The largest absolute Gasteiger partial charge is 0.423 e. The first-order chi connectivity index (χ1) is 15.2. The Morgan fingerprint density at radius 2 is 2.03 bits per heavy atom. The predicted molar refractivity (Wildman–Crippen MR) is 119 cm³/mol. The first kappa shape index (κ1) is 19.3. The van der Waals surface area contributed by atoms with E-state index in [2.05, 4.69) is 30.5 Å². The van der Waals surface area contributed by atoms with Crippen LogP contribution in [0.25, 0.3) is 11.3 Å². The average molecular weight is 419 g/mol. The molecule has 0 spiro atoms. The smallest absolute Gasteiger partial charge is 0.298 e. The van der Waals surface area contributed by atoms with Crippen LogP contribution in [0.3, 0.4) is 0 Å². The van der Waals surface area contributed by atoms with Gasteiger partial charge in [0.2, 0.25) is 11.9 Å². The summed E-state index contributed by atoms with van der Waals surface area (Å²) < 4.78 is 5.99. The lowest BCUT2D eigenvalue weighted by atomic mass is 10.1. The van der Waals surface area contributed by atoms with Gasteiger partial charge in [-0.25, -0.2) is 9.97 Å². The second-order valence-electron chi connectivity index (χ2n) is 7.81. The fourth-order valence-electron chi connectivity index (χ4n) is 3.99. The van der Waals surface area contributed by atoms with E-state index in [-0.39, 0.29) is 11.9 Å². The van der Waals surface area contributed by atoms with E-state index in [1.165, 1.54) is 12.8 Å². The van der Waals surface area contributed by atoms with Crippen LogP contribution in [0.2, 0.25) is 0 Å². The molecule has 0 radical (unpaired) electrons. The van der Waals surface area contributed by atoms with E-state index >= 15 is 0 Å². The third-order valence-electron chi connectivity index (χ3n) is 5.71. The van der Waals surface area contributed by atoms with Crippen molar-refractivity contribution in [1.29, 1.82) is 0 Å². The van der Waals surface area contributed by atoms with E-state index in [1.54, 1.807) is 12.4 Å². The van der Waals surface area contributed by atoms with Crippen LogP contribution in [-0.2, 0) is 4.79 Å². The maximum absolute atomic E-state index is 11.9. The maximum atomic E-state index is 11.9. The number of anilines is 4. The zero-order chi connectivity index (χ0) is 21.2. The lowest BCUT2D eigenvalue weighted by Crippen LogP contribution is -2.54. The highest BCUT2D eigenvalue weighted by atomic mass is 16.4. The Morgan fingerprint density at radius 1 is 1.16 bits per heavy atom. The van der Waals surface area contributed by atoms with E-state index in [0.717, 1.165) is 30.2 Å². The number of hydrogen-bond acceptors (Lipinski definition) is 8. The van der Waals surface area contributed by atoms with Crippen LogP contribution in [0.4, 0.5) is 23.5 Å². The molecule has 1 atom stereocenters. The molecule has 2 aliphatic rings. The summed E-state index contributed by atoms with van der Waals surface area (Å²) in [6.07, 6.45) is 5.88. The first-order valence-corrected chi connectivity index (χ1v) is 10.6. The highest BCUT2D eigenvalue weighted by Gasteiger charge is 2.28. The Balaban J connectivity index is 1.34. The van der Waals surface area contributed by atoms with Gasteiger partial charge in [0, 0.05) is 43.6 Å². The molecule has 1 unspecified atom stereocenters. The molecule has 4 heterocycles. The molecule has 2 fully saturated rings. The van der Waals surface area contributed by atoms with Gasteiger partial charge in [0.1, 0.15) is 11.9 Å². The van der Waals surface area contributed by atoms with E-state index in [1.807, 2.05) is 42.2 Å². The number of piperazine rings is 1. The summed E-state index contributed by atoms with van der Waals surface area (Å²) in [5.74, 6) is 2.13. The zero-order valence-corrected chi connectivity index (χ0v) is 17.4. The monoisotopic (exact) mass is 419 g/mol. The zero-order valence-electron chi connectivity index (χ0n) is 17.4. The Kier molecular flexibility index (Phi) is 5.15. The fourth-order valence-corrected chi connectivity index (χ4v) is 3.99. The number of hydrogen-bond donors (Lipinski definition) is 2. The van der Waals surface area contributed by atoms with Crippen molar-refractivity contribution in [1.82, 2.24) is 20.3 Å². The molecule has 9 heteroatoms. The van der Waals surface area contributed by atoms with Gasteiger partial charge in [-0.1, -0.05) is 12.1 Å².